The molecule has 106 valence electrons. The van der Waals surface area contributed by atoms with Crippen LogP contribution >= 0.6 is 15.9 Å². The molecule has 0 fully saturated rings. The van der Waals surface area contributed by atoms with E-state index in [0.29, 0.717) is 27.6 Å². The molecule has 0 bridgehead atoms. The molecule has 0 atom stereocenters. The number of fused-ring (bicyclic) bond motifs is 1. The largest absolute Gasteiger partial charge is 0.399 e. The van der Waals surface area contributed by atoms with Crippen molar-refractivity contribution < 1.29 is 4.39 Å². The van der Waals surface area contributed by atoms with E-state index in [-0.39, 0.29) is 11.4 Å². The van der Waals surface area contributed by atoms with Crippen molar-refractivity contribution in [2.24, 2.45) is 0 Å². The molecule has 3 aromatic rings. The Morgan fingerprint density at radius 2 is 2.05 bits per heavy atom. The van der Waals surface area contributed by atoms with Gasteiger partial charge >= 0.3 is 0 Å². The lowest BCUT2D eigenvalue weighted by molar-refractivity contribution is 0.624. The molecule has 0 saturated heterocycles. The molecule has 0 saturated carbocycles. The molecule has 2 N–H and O–H groups in total. The summed E-state index contributed by atoms with van der Waals surface area (Å²) in [5.41, 5.74) is 7.45. The number of hydrogen-bond donors (Lipinski definition) is 1. The lowest BCUT2D eigenvalue weighted by atomic mass is 10.2. The third kappa shape index (κ3) is 2.67. The molecule has 3 rings (SSSR count). The number of benzene rings is 2. The van der Waals surface area contributed by atoms with Gasteiger partial charge < -0.3 is 5.73 Å². The fraction of sp³-hybridized carbons (Fsp3) is 0.0667. The van der Waals surface area contributed by atoms with Crippen molar-refractivity contribution >= 4 is 32.5 Å². The molecule has 1 heterocycles. The molecule has 6 heteroatoms. The molecule has 2 aromatic carbocycles. The lowest BCUT2D eigenvalue weighted by Gasteiger charge is -2.09. The Morgan fingerprint density at radius 3 is 2.81 bits per heavy atom. The molecule has 0 unspecified atom stereocenters. The summed E-state index contributed by atoms with van der Waals surface area (Å²) < 4.78 is 15.2. The summed E-state index contributed by atoms with van der Waals surface area (Å²) in [6.07, 6.45) is 1.48. The van der Waals surface area contributed by atoms with Crippen LogP contribution in [0.1, 0.15) is 5.56 Å². The zero-order chi connectivity index (χ0) is 15.0. The van der Waals surface area contributed by atoms with Crippen LogP contribution in [-0.2, 0) is 6.54 Å². The van der Waals surface area contributed by atoms with Crippen molar-refractivity contribution in [1.29, 1.82) is 0 Å². The topological polar surface area (TPSA) is 60.9 Å². The highest BCUT2D eigenvalue weighted by molar-refractivity contribution is 9.10. The van der Waals surface area contributed by atoms with Crippen molar-refractivity contribution in [3.8, 4) is 0 Å². The minimum Gasteiger partial charge on any atom is -0.399 e. The summed E-state index contributed by atoms with van der Waals surface area (Å²) in [6, 6.07) is 9.39. The highest BCUT2D eigenvalue weighted by atomic mass is 79.9. The predicted octanol–water partition coefficient (Wildman–Crippen LogP) is 2.93. The molecule has 0 spiro atoms. The number of nitrogen functional groups attached to an aromatic ring is 1. The Hall–Kier alpha value is -2.21. The molecule has 0 aliphatic rings. The summed E-state index contributed by atoms with van der Waals surface area (Å²) in [6.45, 7) is 0.303. The van der Waals surface area contributed by atoms with Crippen LogP contribution < -0.4 is 11.3 Å². The van der Waals surface area contributed by atoms with E-state index in [9.17, 15) is 9.18 Å². The van der Waals surface area contributed by atoms with E-state index >= 15 is 0 Å². The van der Waals surface area contributed by atoms with Crippen molar-refractivity contribution in [1.82, 2.24) is 9.55 Å². The van der Waals surface area contributed by atoms with Gasteiger partial charge in [0, 0.05) is 10.2 Å². The van der Waals surface area contributed by atoms with Gasteiger partial charge in [0.05, 0.1) is 23.8 Å². The number of aromatic nitrogens is 2. The molecule has 0 amide bonds. The van der Waals surface area contributed by atoms with Crippen molar-refractivity contribution in [2.45, 2.75) is 6.54 Å². The van der Waals surface area contributed by atoms with Crippen LogP contribution in [0.25, 0.3) is 10.9 Å². The average molecular weight is 348 g/mol. The van der Waals surface area contributed by atoms with Gasteiger partial charge in [-0.15, -0.1) is 0 Å². The van der Waals surface area contributed by atoms with Gasteiger partial charge in [-0.05, 0) is 35.9 Å². The summed E-state index contributed by atoms with van der Waals surface area (Å²) in [5.74, 6) is -0.331. The second-order valence-electron chi connectivity index (χ2n) is 4.69. The van der Waals surface area contributed by atoms with Crippen molar-refractivity contribution in [3.05, 3.63) is 68.9 Å². The Kier molecular flexibility index (Phi) is 3.47. The monoisotopic (exact) mass is 347 g/mol. The van der Waals surface area contributed by atoms with Gasteiger partial charge in [0.2, 0.25) is 0 Å². The van der Waals surface area contributed by atoms with Crippen LogP contribution in [0.4, 0.5) is 10.1 Å². The standard InChI is InChI=1S/C15H11BrFN3O/c16-13-5-10(17)2-1-9(13)7-20-8-19-14-4-3-11(18)6-12(14)15(20)21/h1-6,8H,7,18H2. The number of hydrogen-bond acceptors (Lipinski definition) is 3. The van der Waals surface area contributed by atoms with Crippen LogP contribution in [0.15, 0.2) is 52.0 Å². The quantitative estimate of drug-likeness (QED) is 0.725. The fourth-order valence-electron chi connectivity index (χ4n) is 2.12. The first-order chi connectivity index (χ1) is 10.0. The van der Waals surface area contributed by atoms with E-state index in [4.69, 9.17) is 5.73 Å². The van der Waals surface area contributed by atoms with Crippen LogP contribution in [0.2, 0.25) is 0 Å². The molecule has 0 radical (unpaired) electrons. The van der Waals surface area contributed by atoms with E-state index in [2.05, 4.69) is 20.9 Å². The van der Waals surface area contributed by atoms with E-state index in [1.807, 2.05) is 0 Å². The SMILES string of the molecule is Nc1ccc2ncn(Cc3ccc(F)cc3Br)c(=O)c2c1. The predicted molar refractivity (Wildman–Crippen MR) is 83.6 cm³/mol. The summed E-state index contributed by atoms with van der Waals surface area (Å²) in [4.78, 5) is 16.7. The van der Waals surface area contributed by atoms with Gasteiger partial charge in [-0.1, -0.05) is 22.0 Å². The highest BCUT2D eigenvalue weighted by Gasteiger charge is 2.07. The molecule has 0 aliphatic carbocycles. The van der Waals surface area contributed by atoms with Gasteiger partial charge in [0.1, 0.15) is 5.82 Å². The molecular formula is C15H11BrFN3O. The van der Waals surface area contributed by atoms with E-state index in [1.54, 1.807) is 24.3 Å². The van der Waals surface area contributed by atoms with E-state index in [0.717, 1.165) is 5.56 Å². The molecule has 1 aromatic heterocycles. The first-order valence-corrected chi connectivity index (χ1v) is 7.02. The summed E-state index contributed by atoms with van der Waals surface area (Å²) >= 11 is 3.29. The zero-order valence-electron chi connectivity index (χ0n) is 10.9. The molecular weight excluding hydrogens is 337 g/mol. The van der Waals surface area contributed by atoms with Crippen LogP contribution in [0.5, 0.6) is 0 Å². The molecule has 21 heavy (non-hydrogen) atoms. The van der Waals surface area contributed by atoms with Crippen molar-refractivity contribution in [2.75, 3.05) is 5.73 Å². The third-order valence-corrected chi connectivity index (χ3v) is 3.94. The summed E-state index contributed by atoms with van der Waals surface area (Å²) in [7, 11) is 0. The lowest BCUT2D eigenvalue weighted by Crippen LogP contribution is -2.21. The number of halogens is 2. The normalized spacial score (nSPS) is 11.0. The minimum atomic E-state index is -0.331. The minimum absolute atomic E-state index is 0.177. The number of anilines is 1. The zero-order valence-corrected chi connectivity index (χ0v) is 12.5. The highest BCUT2D eigenvalue weighted by Crippen LogP contribution is 2.19. The maximum absolute atomic E-state index is 13.1. The van der Waals surface area contributed by atoms with Crippen LogP contribution in [0, 0.1) is 5.82 Å². The maximum atomic E-state index is 13.1. The van der Waals surface area contributed by atoms with Gasteiger partial charge in [-0.25, -0.2) is 9.37 Å². The Morgan fingerprint density at radius 1 is 1.24 bits per heavy atom. The maximum Gasteiger partial charge on any atom is 0.261 e. The van der Waals surface area contributed by atoms with Crippen molar-refractivity contribution in [3.63, 3.8) is 0 Å². The third-order valence-electron chi connectivity index (χ3n) is 3.20. The molecule has 0 aliphatic heterocycles. The van der Waals surface area contributed by atoms with Gasteiger partial charge in [0.25, 0.3) is 5.56 Å². The van der Waals surface area contributed by atoms with Gasteiger partial charge in [-0.3, -0.25) is 9.36 Å². The van der Waals surface area contributed by atoms with Crippen LogP contribution in [-0.4, -0.2) is 9.55 Å². The van der Waals surface area contributed by atoms with Gasteiger partial charge in [0.15, 0.2) is 0 Å². The van der Waals surface area contributed by atoms with E-state index in [1.165, 1.54) is 23.0 Å². The smallest absolute Gasteiger partial charge is 0.261 e. The second kappa shape index (κ2) is 5.29. The Balaban J connectivity index is 2.09. The number of nitrogens with zero attached hydrogens (tertiary/aromatic N) is 2. The average Bonchev–Trinajstić information content (AvgIpc) is 2.45. The second-order valence-corrected chi connectivity index (χ2v) is 5.54. The Labute approximate surface area is 128 Å². The fourth-order valence-corrected chi connectivity index (χ4v) is 2.60. The number of rotatable bonds is 2. The number of nitrogens with two attached hydrogens (primary N) is 1. The van der Waals surface area contributed by atoms with Gasteiger partial charge in [-0.2, -0.15) is 0 Å². The first-order valence-electron chi connectivity index (χ1n) is 6.23. The first kappa shape index (κ1) is 13.8. The summed E-state index contributed by atoms with van der Waals surface area (Å²) in [5, 5.41) is 0.468. The van der Waals surface area contributed by atoms with E-state index < -0.39 is 0 Å². The molecule has 4 nitrogen and oxygen atoms in total. The van der Waals surface area contributed by atoms with Crippen LogP contribution in [0.3, 0.4) is 0 Å². The Bertz CT molecular complexity index is 892.